The molecule has 0 saturated carbocycles. The average Bonchev–Trinajstić information content (AvgIpc) is 2.56. The van der Waals surface area contributed by atoms with Crippen molar-refractivity contribution in [2.24, 2.45) is 0 Å². The second-order valence-electron chi connectivity index (χ2n) is 6.23. The van der Waals surface area contributed by atoms with Gasteiger partial charge in [-0.05, 0) is 39.3 Å². The Balaban J connectivity index is 2.35. The number of carbonyl (C=O) groups is 1. The third kappa shape index (κ3) is 3.08. The molecule has 1 aliphatic rings. The molecule has 114 valence electrons. The van der Waals surface area contributed by atoms with Crippen molar-refractivity contribution < 1.29 is 23.6 Å². The topological polar surface area (TPSA) is 68.7 Å². The first kappa shape index (κ1) is 15.9. The third-order valence-corrected chi connectivity index (χ3v) is 4.20. The SMILES string of the molecule is CC1(C)OB(C(CC(=O)O)c2ccncc2F)OC1(C)C. The highest BCUT2D eigenvalue weighted by Gasteiger charge is 2.54. The highest BCUT2D eigenvalue weighted by molar-refractivity contribution is 6.48. The van der Waals surface area contributed by atoms with Crippen LogP contribution in [-0.2, 0) is 14.1 Å². The average molecular weight is 295 g/mol. The number of aliphatic carboxylic acids is 1. The molecule has 1 N–H and O–H groups in total. The van der Waals surface area contributed by atoms with Gasteiger partial charge in [0.25, 0.3) is 0 Å². The first-order chi connectivity index (χ1) is 9.64. The lowest BCUT2D eigenvalue weighted by molar-refractivity contribution is -0.137. The van der Waals surface area contributed by atoms with Gasteiger partial charge in [0.05, 0.1) is 23.8 Å². The number of pyridine rings is 1. The van der Waals surface area contributed by atoms with E-state index in [2.05, 4.69) is 4.98 Å². The van der Waals surface area contributed by atoms with Crippen LogP contribution in [-0.4, -0.2) is 34.4 Å². The molecule has 1 fully saturated rings. The van der Waals surface area contributed by atoms with Gasteiger partial charge in [0.1, 0.15) is 5.82 Å². The molecule has 5 nitrogen and oxygen atoms in total. The molecule has 0 aromatic carbocycles. The number of aromatic nitrogens is 1. The van der Waals surface area contributed by atoms with Gasteiger partial charge in [-0.1, -0.05) is 0 Å². The quantitative estimate of drug-likeness (QED) is 0.864. The van der Waals surface area contributed by atoms with Crippen LogP contribution in [0.25, 0.3) is 0 Å². The Labute approximate surface area is 123 Å². The molecule has 1 aliphatic heterocycles. The predicted molar refractivity (Wildman–Crippen MR) is 75.3 cm³/mol. The number of nitrogens with zero attached hydrogens (tertiary/aromatic N) is 1. The second-order valence-corrected chi connectivity index (χ2v) is 6.23. The van der Waals surface area contributed by atoms with E-state index in [9.17, 15) is 9.18 Å². The predicted octanol–water partition coefficient (Wildman–Crippen LogP) is 2.41. The summed E-state index contributed by atoms with van der Waals surface area (Å²) in [5.41, 5.74) is -0.957. The van der Waals surface area contributed by atoms with E-state index in [0.29, 0.717) is 0 Å². The van der Waals surface area contributed by atoms with Gasteiger partial charge in [0.2, 0.25) is 0 Å². The Morgan fingerprint density at radius 3 is 2.43 bits per heavy atom. The lowest BCUT2D eigenvalue weighted by Crippen LogP contribution is -2.41. The van der Waals surface area contributed by atoms with Crippen LogP contribution >= 0.6 is 0 Å². The van der Waals surface area contributed by atoms with Crippen LogP contribution in [0.1, 0.15) is 45.5 Å². The largest absolute Gasteiger partial charge is 0.481 e. The maximum Gasteiger partial charge on any atom is 0.466 e. The maximum atomic E-state index is 14.0. The van der Waals surface area contributed by atoms with Crippen molar-refractivity contribution in [1.82, 2.24) is 4.98 Å². The summed E-state index contributed by atoms with van der Waals surface area (Å²) < 4.78 is 25.7. The van der Waals surface area contributed by atoms with Crippen molar-refractivity contribution in [1.29, 1.82) is 0 Å². The van der Waals surface area contributed by atoms with E-state index >= 15 is 0 Å². The number of hydrogen-bond donors (Lipinski definition) is 1. The van der Waals surface area contributed by atoms with Crippen LogP contribution in [0.4, 0.5) is 4.39 Å². The van der Waals surface area contributed by atoms with Crippen LogP contribution in [0, 0.1) is 5.82 Å². The Bertz CT molecular complexity index is 534. The summed E-state index contributed by atoms with van der Waals surface area (Å²) in [6.07, 6.45) is 2.21. The molecule has 0 spiro atoms. The molecule has 1 aromatic rings. The minimum absolute atomic E-state index is 0.242. The number of rotatable bonds is 4. The maximum absolute atomic E-state index is 14.0. The van der Waals surface area contributed by atoms with Crippen molar-refractivity contribution in [3.8, 4) is 0 Å². The minimum Gasteiger partial charge on any atom is -0.481 e. The molecule has 0 radical (unpaired) electrons. The van der Waals surface area contributed by atoms with E-state index in [1.165, 1.54) is 12.3 Å². The highest BCUT2D eigenvalue weighted by atomic mass is 19.1. The summed E-state index contributed by atoms with van der Waals surface area (Å²) in [7, 11) is -0.817. The van der Waals surface area contributed by atoms with Crippen LogP contribution < -0.4 is 0 Å². The number of halogens is 1. The minimum atomic E-state index is -1.04. The van der Waals surface area contributed by atoms with Crippen LogP contribution in [0.3, 0.4) is 0 Å². The molecule has 2 heterocycles. The fraction of sp³-hybridized carbons (Fsp3) is 0.571. The Morgan fingerprint density at radius 1 is 1.38 bits per heavy atom. The van der Waals surface area contributed by atoms with Crippen molar-refractivity contribution >= 4 is 13.1 Å². The van der Waals surface area contributed by atoms with E-state index in [-0.39, 0.29) is 12.0 Å². The summed E-state index contributed by atoms with van der Waals surface area (Å²) in [5, 5.41) is 9.11. The third-order valence-electron chi connectivity index (χ3n) is 4.20. The van der Waals surface area contributed by atoms with Crippen molar-refractivity contribution in [3.63, 3.8) is 0 Å². The summed E-state index contributed by atoms with van der Waals surface area (Å²) >= 11 is 0. The second kappa shape index (κ2) is 5.38. The lowest BCUT2D eigenvalue weighted by Gasteiger charge is -2.32. The monoisotopic (exact) mass is 295 g/mol. The summed E-state index contributed by atoms with van der Waals surface area (Å²) in [5.74, 6) is -2.32. The smallest absolute Gasteiger partial charge is 0.466 e. The zero-order valence-electron chi connectivity index (χ0n) is 12.6. The van der Waals surface area contributed by atoms with E-state index < -0.39 is 35.9 Å². The Kier molecular flexibility index (Phi) is 4.08. The van der Waals surface area contributed by atoms with Crippen LogP contribution in [0.2, 0.25) is 0 Å². The number of carboxylic acids is 1. The van der Waals surface area contributed by atoms with E-state index in [1.807, 2.05) is 27.7 Å². The molecule has 7 heteroatoms. The fourth-order valence-corrected chi connectivity index (χ4v) is 2.28. The lowest BCUT2D eigenvalue weighted by atomic mass is 9.66. The van der Waals surface area contributed by atoms with Gasteiger partial charge in [-0.2, -0.15) is 0 Å². The summed E-state index contributed by atoms with van der Waals surface area (Å²) in [6.45, 7) is 7.48. The molecule has 0 amide bonds. The number of hydrogen-bond acceptors (Lipinski definition) is 4. The van der Waals surface area contributed by atoms with Gasteiger partial charge < -0.3 is 14.4 Å². The van der Waals surface area contributed by atoms with Crippen molar-refractivity contribution in [3.05, 3.63) is 29.8 Å². The fourth-order valence-electron chi connectivity index (χ4n) is 2.28. The van der Waals surface area contributed by atoms with Gasteiger partial charge in [0, 0.05) is 12.0 Å². The zero-order chi connectivity index (χ0) is 15.8. The molecular formula is C14H19BFNO4. The Hall–Kier alpha value is -1.47. The number of carboxylic acid groups (broad SMARTS) is 1. The first-order valence-electron chi connectivity index (χ1n) is 6.81. The molecule has 21 heavy (non-hydrogen) atoms. The van der Waals surface area contributed by atoms with Crippen LogP contribution in [0.15, 0.2) is 18.5 Å². The molecule has 0 bridgehead atoms. The summed E-state index contributed by atoms with van der Waals surface area (Å²) in [4.78, 5) is 14.8. The van der Waals surface area contributed by atoms with E-state index in [0.717, 1.165) is 6.20 Å². The molecule has 0 aliphatic carbocycles. The van der Waals surface area contributed by atoms with Gasteiger partial charge in [-0.3, -0.25) is 9.78 Å². The molecule has 1 atom stereocenters. The molecule has 1 aromatic heterocycles. The van der Waals surface area contributed by atoms with Crippen molar-refractivity contribution in [2.75, 3.05) is 0 Å². The zero-order valence-corrected chi connectivity index (χ0v) is 12.6. The van der Waals surface area contributed by atoms with Crippen LogP contribution in [0.5, 0.6) is 0 Å². The molecule has 1 saturated heterocycles. The standard InChI is InChI=1S/C14H19BFNO4/c1-13(2)14(3,4)21-15(20-13)10(7-12(18)19)9-5-6-17-8-11(9)16/h5-6,8,10H,7H2,1-4H3,(H,18,19). The first-order valence-corrected chi connectivity index (χ1v) is 6.81. The van der Waals surface area contributed by atoms with Gasteiger partial charge >= 0.3 is 13.1 Å². The van der Waals surface area contributed by atoms with E-state index in [1.54, 1.807) is 0 Å². The van der Waals surface area contributed by atoms with Gasteiger partial charge in [-0.25, -0.2) is 4.39 Å². The van der Waals surface area contributed by atoms with E-state index in [4.69, 9.17) is 14.4 Å². The van der Waals surface area contributed by atoms with Crippen molar-refractivity contribution in [2.45, 2.75) is 51.1 Å². The van der Waals surface area contributed by atoms with Gasteiger partial charge in [0.15, 0.2) is 0 Å². The van der Waals surface area contributed by atoms with Gasteiger partial charge in [-0.15, -0.1) is 0 Å². The molecule has 2 rings (SSSR count). The summed E-state index contributed by atoms with van der Waals surface area (Å²) in [6, 6.07) is 1.47. The Morgan fingerprint density at radius 2 is 1.95 bits per heavy atom. The highest BCUT2D eigenvalue weighted by Crippen LogP contribution is 2.42. The molecule has 1 unspecified atom stereocenters. The molecular weight excluding hydrogens is 276 g/mol. The normalized spacial score (nSPS) is 21.3.